The first-order valence-corrected chi connectivity index (χ1v) is 8.45. The van der Waals surface area contributed by atoms with Crippen LogP contribution in [0.1, 0.15) is 30.5 Å². The Kier molecular flexibility index (Phi) is 5.02. The van der Waals surface area contributed by atoms with E-state index in [-0.39, 0.29) is 24.3 Å². The summed E-state index contributed by atoms with van der Waals surface area (Å²) >= 11 is 0. The highest BCUT2D eigenvalue weighted by Crippen LogP contribution is 2.33. The molecule has 0 saturated heterocycles. The van der Waals surface area contributed by atoms with Crippen LogP contribution < -0.4 is 10.2 Å². The van der Waals surface area contributed by atoms with Gasteiger partial charge in [-0.25, -0.2) is 4.98 Å². The lowest BCUT2D eigenvalue weighted by atomic mass is 9.93. The van der Waals surface area contributed by atoms with Crippen molar-refractivity contribution in [1.29, 1.82) is 0 Å². The molecule has 1 N–H and O–H groups in total. The maximum Gasteiger partial charge on any atom is 0.226 e. The van der Waals surface area contributed by atoms with E-state index in [0.717, 1.165) is 16.9 Å². The molecular formula is C20H22N4O2. The molecule has 1 aliphatic heterocycles. The highest BCUT2D eigenvalue weighted by molar-refractivity contribution is 5.92. The Hall–Kier alpha value is -3.15. The smallest absolute Gasteiger partial charge is 0.226 e. The highest BCUT2D eigenvalue weighted by atomic mass is 16.2. The molecule has 2 heterocycles. The molecule has 0 radical (unpaired) electrons. The molecule has 1 aliphatic rings. The number of fused-ring (bicyclic) bond motifs is 1. The molecule has 2 aromatic rings. The van der Waals surface area contributed by atoms with Gasteiger partial charge in [0.2, 0.25) is 11.8 Å². The number of anilines is 2. The van der Waals surface area contributed by atoms with Gasteiger partial charge in [0.05, 0.1) is 24.3 Å². The van der Waals surface area contributed by atoms with E-state index in [1.54, 1.807) is 17.3 Å². The van der Waals surface area contributed by atoms with Gasteiger partial charge in [-0.3, -0.25) is 9.59 Å². The second kappa shape index (κ2) is 7.39. The Morgan fingerprint density at radius 3 is 2.62 bits per heavy atom. The van der Waals surface area contributed by atoms with E-state index in [0.29, 0.717) is 5.69 Å². The summed E-state index contributed by atoms with van der Waals surface area (Å²) < 4.78 is 0. The number of nitrogens with zero attached hydrogens (tertiary/aromatic N) is 3. The summed E-state index contributed by atoms with van der Waals surface area (Å²) in [4.78, 5) is 32.3. The van der Waals surface area contributed by atoms with Gasteiger partial charge in [-0.1, -0.05) is 24.3 Å². The maximum absolute atomic E-state index is 12.6. The largest absolute Gasteiger partial charge is 0.363 e. The van der Waals surface area contributed by atoms with Crippen molar-refractivity contribution in [3.8, 4) is 0 Å². The molecule has 2 amide bonds. The molecule has 1 aromatic carbocycles. The number of nitrogens with one attached hydrogen (secondary N) is 1. The van der Waals surface area contributed by atoms with Crippen LogP contribution in [0.3, 0.4) is 0 Å². The molecule has 0 spiro atoms. The van der Waals surface area contributed by atoms with Gasteiger partial charge in [-0.05, 0) is 29.3 Å². The van der Waals surface area contributed by atoms with E-state index < -0.39 is 0 Å². The molecule has 0 bridgehead atoms. The van der Waals surface area contributed by atoms with Crippen LogP contribution in [0.25, 0.3) is 6.08 Å². The first kappa shape index (κ1) is 17.7. The molecule has 1 atom stereocenters. The number of hydrogen-bond donors (Lipinski definition) is 1. The molecule has 0 fully saturated rings. The summed E-state index contributed by atoms with van der Waals surface area (Å²) in [5.41, 5.74) is 2.64. The molecular weight excluding hydrogens is 328 g/mol. The monoisotopic (exact) mass is 350 g/mol. The first-order valence-electron chi connectivity index (χ1n) is 8.45. The number of carbonyl (C=O) groups is 2. The van der Waals surface area contributed by atoms with Gasteiger partial charge in [0.1, 0.15) is 5.82 Å². The van der Waals surface area contributed by atoms with Crippen LogP contribution >= 0.6 is 0 Å². The minimum absolute atomic E-state index is 0.0921. The third-order valence-electron chi connectivity index (χ3n) is 4.34. The predicted molar refractivity (Wildman–Crippen MR) is 103 cm³/mol. The number of rotatable bonds is 4. The minimum atomic E-state index is -0.317. The van der Waals surface area contributed by atoms with Gasteiger partial charge in [-0.2, -0.15) is 0 Å². The van der Waals surface area contributed by atoms with Crippen molar-refractivity contribution in [2.45, 2.75) is 19.4 Å². The van der Waals surface area contributed by atoms with Gasteiger partial charge >= 0.3 is 0 Å². The van der Waals surface area contributed by atoms with E-state index in [1.165, 1.54) is 6.92 Å². The fraction of sp³-hybridized carbons (Fsp3) is 0.250. The summed E-state index contributed by atoms with van der Waals surface area (Å²) in [6.45, 7) is 1.51. The van der Waals surface area contributed by atoms with Crippen LogP contribution in [0.2, 0.25) is 0 Å². The van der Waals surface area contributed by atoms with Gasteiger partial charge < -0.3 is 15.1 Å². The normalized spacial score (nSPS) is 15.3. The molecule has 0 saturated carbocycles. The van der Waals surface area contributed by atoms with Crippen LogP contribution in [-0.4, -0.2) is 35.8 Å². The SMILES string of the molecule is CC(=O)N1C=Cc2ccccc2[C@H]1CC(=O)Nc1ccc(N(C)C)nc1. The molecule has 3 rings (SSSR count). The fourth-order valence-corrected chi connectivity index (χ4v) is 3.03. The number of aromatic nitrogens is 1. The van der Waals surface area contributed by atoms with Crippen molar-refractivity contribution >= 4 is 29.4 Å². The van der Waals surface area contributed by atoms with E-state index >= 15 is 0 Å². The maximum atomic E-state index is 12.6. The van der Waals surface area contributed by atoms with E-state index in [9.17, 15) is 9.59 Å². The molecule has 0 unspecified atom stereocenters. The zero-order valence-corrected chi connectivity index (χ0v) is 15.1. The molecule has 1 aromatic heterocycles. The number of amides is 2. The van der Waals surface area contributed by atoms with E-state index in [1.807, 2.05) is 61.5 Å². The summed E-state index contributed by atoms with van der Waals surface area (Å²) in [5.74, 6) is 0.563. The standard InChI is InChI=1S/C20H22N4O2/c1-14(25)24-11-10-15-6-4-5-7-17(15)18(24)12-20(26)22-16-8-9-19(21-13-16)23(2)3/h4-11,13,18H,12H2,1-3H3,(H,22,26)/t18-/m1/s1. The average molecular weight is 350 g/mol. The molecule has 0 aliphatic carbocycles. The fourth-order valence-electron chi connectivity index (χ4n) is 3.03. The van der Waals surface area contributed by atoms with Crippen LogP contribution in [0.15, 0.2) is 48.8 Å². The van der Waals surface area contributed by atoms with E-state index in [4.69, 9.17) is 0 Å². The third-order valence-corrected chi connectivity index (χ3v) is 4.34. The van der Waals surface area contributed by atoms with Gasteiger partial charge in [0, 0.05) is 27.2 Å². The van der Waals surface area contributed by atoms with Gasteiger partial charge in [0.15, 0.2) is 0 Å². The van der Waals surface area contributed by atoms with Crippen molar-refractivity contribution in [3.63, 3.8) is 0 Å². The first-order chi connectivity index (χ1) is 12.5. The number of carbonyl (C=O) groups excluding carboxylic acids is 2. The van der Waals surface area contributed by atoms with Gasteiger partial charge in [0.25, 0.3) is 0 Å². The number of pyridine rings is 1. The quantitative estimate of drug-likeness (QED) is 0.920. The van der Waals surface area contributed by atoms with Gasteiger partial charge in [-0.15, -0.1) is 0 Å². The lowest BCUT2D eigenvalue weighted by Gasteiger charge is -2.32. The van der Waals surface area contributed by atoms with Crippen molar-refractivity contribution in [2.75, 3.05) is 24.3 Å². The van der Waals surface area contributed by atoms with Crippen molar-refractivity contribution < 1.29 is 9.59 Å². The predicted octanol–water partition coefficient (Wildman–Crippen LogP) is 3.05. The second-order valence-corrected chi connectivity index (χ2v) is 6.44. The second-order valence-electron chi connectivity index (χ2n) is 6.44. The van der Waals surface area contributed by atoms with E-state index in [2.05, 4.69) is 10.3 Å². The minimum Gasteiger partial charge on any atom is -0.363 e. The molecule has 26 heavy (non-hydrogen) atoms. The Balaban J connectivity index is 1.76. The zero-order chi connectivity index (χ0) is 18.7. The van der Waals surface area contributed by atoms with Crippen LogP contribution in [-0.2, 0) is 9.59 Å². The molecule has 134 valence electrons. The van der Waals surface area contributed by atoms with Crippen molar-refractivity contribution in [1.82, 2.24) is 9.88 Å². The molecule has 6 heteroatoms. The van der Waals surface area contributed by atoms with Crippen LogP contribution in [0.4, 0.5) is 11.5 Å². The third kappa shape index (κ3) is 3.74. The average Bonchev–Trinajstić information content (AvgIpc) is 2.62. The lowest BCUT2D eigenvalue weighted by molar-refractivity contribution is -0.129. The number of hydrogen-bond acceptors (Lipinski definition) is 4. The molecule has 6 nitrogen and oxygen atoms in total. The Bertz CT molecular complexity index is 843. The lowest BCUT2D eigenvalue weighted by Crippen LogP contribution is -2.33. The Labute approximate surface area is 153 Å². The van der Waals surface area contributed by atoms with Crippen LogP contribution in [0, 0.1) is 0 Å². The summed E-state index contributed by atoms with van der Waals surface area (Å²) in [5, 5.41) is 2.86. The summed E-state index contributed by atoms with van der Waals surface area (Å²) in [7, 11) is 3.82. The Morgan fingerprint density at radius 2 is 1.96 bits per heavy atom. The topological polar surface area (TPSA) is 65.5 Å². The Morgan fingerprint density at radius 1 is 1.19 bits per heavy atom. The van der Waals surface area contributed by atoms with Crippen molar-refractivity contribution in [2.24, 2.45) is 0 Å². The number of benzene rings is 1. The summed E-state index contributed by atoms with van der Waals surface area (Å²) in [6.07, 6.45) is 5.45. The van der Waals surface area contributed by atoms with Crippen molar-refractivity contribution in [3.05, 3.63) is 59.9 Å². The highest BCUT2D eigenvalue weighted by Gasteiger charge is 2.28. The van der Waals surface area contributed by atoms with Crippen LogP contribution in [0.5, 0.6) is 0 Å². The zero-order valence-electron chi connectivity index (χ0n) is 15.1. The summed E-state index contributed by atoms with van der Waals surface area (Å²) in [6, 6.07) is 11.2.